The molecule has 0 saturated carbocycles. The van der Waals surface area contributed by atoms with Gasteiger partial charge in [0.25, 0.3) is 5.91 Å². The molecule has 0 N–H and O–H groups in total. The Hall–Kier alpha value is -2.34. The van der Waals surface area contributed by atoms with E-state index in [-0.39, 0.29) is 24.0 Å². The van der Waals surface area contributed by atoms with Crippen molar-refractivity contribution in [2.45, 2.75) is 44.8 Å². The van der Waals surface area contributed by atoms with Crippen molar-refractivity contribution < 1.29 is 14.3 Å². The Kier molecular flexibility index (Phi) is 6.08. The molecule has 2 atom stereocenters. The molecule has 2 heterocycles. The summed E-state index contributed by atoms with van der Waals surface area (Å²) in [7, 11) is 1.87. The van der Waals surface area contributed by atoms with Crippen LogP contribution in [0.4, 0.5) is 4.79 Å². The van der Waals surface area contributed by atoms with E-state index >= 15 is 0 Å². The maximum absolute atomic E-state index is 12.9. The number of carbonyl (C=O) groups excluding carboxylic acids is 2. The molecule has 1 aromatic carbocycles. The standard InChI is InChI=1S/C22H28N2O3S/c1-22(2,3)27-21(26)24-13-12-18(17(15-24)16-9-6-5-7-10-16)23(4)20(25)19-11-8-14-28-19/h5-11,14,17-18H,12-13,15H2,1-4H3/t17-,18+/m0/s1. The fraction of sp³-hybridized carbons (Fsp3) is 0.455. The zero-order valence-electron chi connectivity index (χ0n) is 16.9. The Morgan fingerprint density at radius 1 is 1.14 bits per heavy atom. The second-order valence-electron chi connectivity index (χ2n) is 8.19. The molecule has 150 valence electrons. The average molecular weight is 401 g/mol. The summed E-state index contributed by atoms with van der Waals surface area (Å²) in [5, 5.41) is 1.92. The van der Waals surface area contributed by atoms with Crippen LogP contribution >= 0.6 is 11.3 Å². The molecule has 0 bridgehead atoms. The quantitative estimate of drug-likeness (QED) is 0.756. The van der Waals surface area contributed by atoms with Gasteiger partial charge >= 0.3 is 6.09 Å². The molecule has 2 amide bonds. The largest absolute Gasteiger partial charge is 0.444 e. The van der Waals surface area contributed by atoms with Gasteiger partial charge in [0.05, 0.1) is 4.88 Å². The van der Waals surface area contributed by atoms with Crippen molar-refractivity contribution in [2.75, 3.05) is 20.1 Å². The molecular formula is C22H28N2O3S. The van der Waals surface area contributed by atoms with Gasteiger partial charge < -0.3 is 14.5 Å². The number of piperidine rings is 1. The summed E-state index contributed by atoms with van der Waals surface area (Å²) in [6.07, 6.45) is 0.422. The summed E-state index contributed by atoms with van der Waals surface area (Å²) >= 11 is 1.46. The fourth-order valence-corrected chi connectivity index (χ4v) is 4.35. The first-order valence-corrected chi connectivity index (χ1v) is 10.5. The molecule has 1 fully saturated rings. The monoisotopic (exact) mass is 400 g/mol. The van der Waals surface area contributed by atoms with Crippen molar-refractivity contribution >= 4 is 23.3 Å². The van der Waals surface area contributed by atoms with Crippen LogP contribution in [0.2, 0.25) is 0 Å². The first kappa shape index (κ1) is 20.4. The summed E-state index contributed by atoms with van der Waals surface area (Å²) in [6, 6.07) is 13.9. The van der Waals surface area contributed by atoms with Crippen LogP contribution in [0.25, 0.3) is 0 Å². The number of rotatable bonds is 3. The SMILES string of the molecule is CN(C(=O)c1cccs1)[C@@H]1CCN(C(=O)OC(C)(C)C)C[C@H]1c1ccccc1. The molecule has 1 aliphatic rings. The number of nitrogens with zero attached hydrogens (tertiary/aromatic N) is 2. The summed E-state index contributed by atoms with van der Waals surface area (Å²) in [5.74, 6) is 0.0722. The van der Waals surface area contributed by atoms with Crippen LogP contribution in [0.15, 0.2) is 47.8 Å². The van der Waals surface area contributed by atoms with E-state index in [4.69, 9.17) is 4.74 Å². The molecule has 0 unspecified atom stereocenters. The number of ether oxygens (including phenoxy) is 1. The van der Waals surface area contributed by atoms with Crippen molar-refractivity contribution in [3.8, 4) is 0 Å². The Bertz CT molecular complexity index is 799. The minimum absolute atomic E-state index is 0.0238. The Balaban J connectivity index is 1.82. The molecule has 1 aromatic heterocycles. The average Bonchev–Trinajstić information content (AvgIpc) is 3.20. The number of likely N-dealkylation sites (N-methyl/N-ethyl adjacent to an activating group) is 1. The number of carbonyl (C=O) groups is 2. The fourth-order valence-electron chi connectivity index (χ4n) is 3.65. The minimum Gasteiger partial charge on any atom is -0.444 e. The summed E-state index contributed by atoms with van der Waals surface area (Å²) in [4.78, 5) is 29.9. The number of thiophene rings is 1. The number of hydrogen-bond donors (Lipinski definition) is 0. The van der Waals surface area contributed by atoms with Gasteiger partial charge in [0.15, 0.2) is 0 Å². The molecule has 0 aliphatic carbocycles. The van der Waals surface area contributed by atoms with E-state index < -0.39 is 5.60 Å². The third-order valence-electron chi connectivity index (χ3n) is 5.01. The van der Waals surface area contributed by atoms with E-state index in [1.807, 2.05) is 68.4 Å². The molecular weight excluding hydrogens is 372 g/mol. The lowest BCUT2D eigenvalue weighted by Crippen LogP contribution is -2.52. The Morgan fingerprint density at radius 2 is 1.86 bits per heavy atom. The first-order chi connectivity index (χ1) is 13.3. The summed E-state index contributed by atoms with van der Waals surface area (Å²) < 4.78 is 5.57. The molecule has 6 heteroatoms. The summed E-state index contributed by atoms with van der Waals surface area (Å²) in [5.41, 5.74) is 0.605. The lowest BCUT2D eigenvalue weighted by molar-refractivity contribution is 0.0125. The van der Waals surface area contributed by atoms with Crippen LogP contribution in [-0.4, -0.2) is 53.6 Å². The maximum atomic E-state index is 12.9. The van der Waals surface area contributed by atoms with Gasteiger partial charge in [0.2, 0.25) is 0 Å². The zero-order chi connectivity index (χ0) is 20.3. The van der Waals surface area contributed by atoms with E-state index in [0.29, 0.717) is 19.5 Å². The van der Waals surface area contributed by atoms with E-state index in [1.165, 1.54) is 11.3 Å². The topological polar surface area (TPSA) is 49.9 Å². The molecule has 2 aromatic rings. The highest BCUT2D eigenvalue weighted by molar-refractivity contribution is 7.12. The number of hydrogen-bond acceptors (Lipinski definition) is 4. The third-order valence-corrected chi connectivity index (χ3v) is 5.86. The molecule has 28 heavy (non-hydrogen) atoms. The van der Waals surface area contributed by atoms with Gasteiger partial charge in [-0.05, 0) is 44.2 Å². The van der Waals surface area contributed by atoms with E-state index in [2.05, 4.69) is 12.1 Å². The molecule has 0 spiro atoms. The maximum Gasteiger partial charge on any atom is 0.410 e. The smallest absolute Gasteiger partial charge is 0.410 e. The van der Waals surface area contributed by atoms with Crippen molar-refractivity contribution in [3.63, 3.8) is 0 Å². The van der Waals surface area contributed by atoms with Gasteiger partial charge in [0, 0.05) is 32.1 Å². The zero-order valence-corrected chi connectivity index (χ0v) is 17.7. The van der Waals surface area contributed by atoms with Gasteiger partial charge in [-0.1, -0.05) is 36.4 Å². The predicted molar refractivity (Wildman–Crippen MR) is 112 cm³/mol. The van der Waals surface area contributed by atoms with Crippen molar-refractivity contribution in [3.05, 3.63) is 58.3 Å². The molecule has 1 saturated heterocycles. The Morgan fingerprint density at radius 3 is 2.46 bits per heavy atom. The third kappa shape index (κ3) is 4.73. The minimum atomic E-state index is -0.526. The van der Waals surface area contributed by atoms with Crippen molar-refractivity contribution in [1.29, 1.82) is 0 Å². The molecule has 3 rings (SSSR count). The van der Waals surface area contributed by atoms with Crippen molar-refractivity contribution in [2.24, 2.45) is 0 Å². The van der Waals surface area contributed by atoms with Crippen LogP contribution in [0.3, 0.4) is 0 Å². The second kappa shape index (κ2) is 8.35. The van der Waals surface area contributed by atoms with Crippen LogP contribution in [-0.2, 0) is 4.74 Å². The van der Waals surface area contributed by atoms with E-state index in [0.717, 1.165) is 10.4 Å². The lowest BCUT2D eigenvalue weighted by atomic mass is 9.85. The highest BCUT2D eigenvalue weighted by Gasteiger charge is 2.38. The number of likely N-dealkylation sites (tertiary alicyclic amines) is 1. The molecule has 1 aliphatic heterocycles. The highest BCUT2D eigenvalue weighted by atomic mass is 32.1. The van der Waals surface area contributed by atoms with Gasteiger partial charge in [0.1, 0.15) is 5.60 Å². The van der Waals surface area contributed by atoms with Crippen LogP contribution in [0.5, 0.6) is 0 Å². The normalized spacial score (nSPS) is 19.9. The highest BCUT2D eigenvalue weighted by Crippen LogP contribution is 2.32. The van der Waals surface area contributed by atoms with Crippen LogP contribution < -0.4 is 0 Å². The van der Waals surface area contributed by atoms with Gasteiger partial charge in [-0.15, -0.1) is 11.3 Å². The van der Waals surface area contributed by atoms with Crippen LogP contribution in [0.1, 0.15) is 48.3 Å². The number of benzene rings is 1. The van der Waals surface area contributed by atoms with Gasteiger partial charge in [-0.2, -0.15) is 0 Å². The summed E-state index contributed by atoms with van der Waals surface area (Å²) in [6.45, 7) is 6.73. The molecule has 0 radical (unpaired) electrons. The lowest BCUT2D eigenvalue weighted by Gasteiger charge is -2.43. The predicted octanol–water partition coefficient (Wildman–Crippen LogP) is 4.61. The Labute approximate surface area is 170 Å². The molecule has 5 nitrogen and oxygen atoms in total. The van der Waals surface area contributed by atoms with E-state index in [9.17, 15) is 9.59 Å². The van der Waals surface area contributed by atoms with Crippen LogP contribution in [0, 0.1) is 0 Å². The second-order valence-corrected chi connectivity index (χ2v) is 9.14. The first-order valence-electron chi connectivity index (χ1n) is 9.60. The van der Waals surface area contributed by atoms with Gasteiger partial charge in [-0.25, -0.2) is 4.79 Å². The van der Waals surface area contributed by atoms with E-state index in [1.54, 1.807) is 4.90 Å². The number of amides is 2. The van der Waals surface area contributed by atoms with Crippen molar-refractivity contribution in [1.82, 2.24) is 9.80 Å². The van der Waals surface area contributed by atoms with Gasteiger partial charge in [-0.3, -0.25) is 4.79 Å².